The number of rotatable bonds is 4. The van der Waals surface area contributed by atoms with Crippen LogP contribution in [0, 0.1) is 23.2 Å². The lowest BCUT2D eigenvalue weighted by molar-refractivity contribution is -0.0649. The van der Waals surface area contributed by atoms with Crippen molar-refractivity contribution in [2.75, 3.05) is 6.54 Å². The maximum atomic E-state index is 3.79. The monoisotopic (exact) mass is 247 g/mol. The number of likely N-dealkylation sites (N-methyl/N-ethyl adjacent to an activating group) is 1. The molecule has 0 heterocycles. The molecule has 4 saturated carbocycles. The summed E-state index contributed by atoms with van der Waals surface area (Å²) in [7, 11) is 0. The smallest absolute Gasteiger partial charge is 0.0309 e. The van der Waals surface area contributed by atoms with E-state index in [9.17, 15) is 0 Å². The zero-order valence-corrected chi connectivity index (χ0v) is 12.3. The number of hydrogen-bond donors (Lipinski definition) is 1. The Bertz CT molecular complexity index is 302. The van der Waals surface area contributed by atoms with Crippen LogP contribution in [0.5, 0.6) is 0 Å². The summed E-state index contributed by atoms with van der Waals surface area (Å²) >= 11 is 0. The average Bonchev–Trinajstić information content (AvgIpc) is 2.26. The Morgan fingerprint density at radius 2 is 1.61 bits per heavy atom. The predicted molar refractivity (Wildman–Crippen MR) is 77.5 cm³/mol. The van der Waals surface area contributed by atoms with E-state index in [1.54, 1.807) is 19.3 Å². The maximum absolute atomic E-state index is 3.79. The molecule has 1 N–H and O–H groups in total. The van der Waals surface area contributed by atoms with Crippen molar-refractivity contribution >= 4 is 0 Å². The predicted octanol–water partition coefficient (Wildman–Crippen LogP) is 4.15. The molecule has 4 bridgehead atoms. The van der Waals surface area contributed by atoms with Gasteiger partial charge in [-0.25, -0.2) is 0 Å². The van der Waals surface area contributed by atoms with E-state index in [4.69, 9.17) is 0 Å². The van der Waals surface area contributed by atoms with E-state index >= 15 is 0 Å². The molecule has 0 radical (unpaired) electrons. The first-order chi connectivity index (χ1) is 8.61. The van der Waals surface area contributed by atoms with Crippen molar-refractivity contribution in [2.45, 2.75) is 65.3 Å². The highest BCUT2D eigenvalue weighted by Gasteiger charge is 2.53. The Hall–Kier alpha value is -0.300. The lowest BCUT2D eigenvalue weighted by Gasteiger charge is -2.59. The minimum absolute atomic E-state index is 0.613. The van der Waals surface area contributed by atoms with Crippen LogP contribution in [0.25, 0.3) is 0 Å². The van der Waals surface area contributed by atoms with Crippen LogP contribution in [0.1, 0.15) is 59.3 Å². The Labute approximate surface area is 112 Å². The normalized spacial score (nSPS) is 42.9. The van der Waals surface area contributed by atoms with Crippen LogP contribution in [0.2, 0.25) is 0 Å². The summed E-state index contributed by atoms with van der Waals surface area (Å²) in [4.78, 5) is 0. The van der Waals surface area contributed by atoms with Crippen LogP contribution in [0.15, 0.2) is 11.6 Å². The standard InChI is InChI=1S/C17H29N/c1-4-18-16(5-12(2)3)17-9-13-6-14(10-17)8-15(7-13)11-17/h5,13-16,18H,4,6-11H2,1-3H3. The van der Waals surface area contributed by atoms with Crippen LogP contribution < -0.4 is 5.32 Å². The van der Waals surface area contributed by atoms with E-state index in [1.165, 1.54) is 24.8 Å². The van der Waals surface area contributed by atoms with E-state index in [-0.39, 0.29) is 0 Å². The van der Waals surface area contributed by atoms with Crippen molar-refractivity contribution in [1.82, 2.24) is 5.32 Å². The molecule has 18 heavy (non-hydrogen) atoms. The summed E-state index contributed by atoms with van der Waals surface area (Å²) in [6.45, 7) is 7.87. The van der Waals surface area contributed by atoms with Crippen molar-refractivity contribution in [2.24, 2.45) is 23.2 Å². The molecule has 4 aliphatic carbocycles. The SMILES string of the molecule is CCNC(C=C(C)C)C12CC3CC(CC(C3)C1)C2. The Morgan fingerprint density at radius 3 is 2.00 bits per heavy atom. The van der Waals surface area contributed by atoms with Crippen molar-refractivity contribution in [3.05, 3.63) is 11.6 Å². The molecule has 0 aliphatic heterocycles. The quantitative estimate of drug-likeness (QED) is 0.736. The average molecular weight is 247 g/mol. The molecule has 0 saturated heterocycles. The van der Waals surface area contributed by atoms with Crippen LogP contribution in [0.4, 0.5) is 0 Å². The van der Waals surface area contributed by atoms with Crippen molar-refractivity contribution in [1.29, 1.82) is 0 Å². The van der Waals surface area contributed by atoms with E-state index in [0.29, 0.717) is 11.5 Å². The lowest BCUT2D eigenvalue weighted by Crippen LogP contribution is -2.55. The molecule has 0 aromatic heterocycles. The molecule has 4 aliphatic rings. The Kier molecular flexibility index (Phi) is 3.30. The molecule has 0 aromatic carbocycles. The highest BCUT2D eigenvalue weighted by atomic mass is 14.9. The molecule has 1 nitrogen and oxygen atoms in total. The maximum Gasteiger partial charge on any atom is 0.0309 e. The van der Waals surface area contributed by atoms with E-state index in [1.807, 2.05) is 0 Å². The van der Waals surface area contributed by atoms with Crippen LogP contribution in [-0.4, -0.2) is 12.6 Å². The Balaban J connectivity index is 1.86. The van der Waals surface area contributed by atoms with Gasteiger partial charge in [-0.3, -0.25) is 0 Å². The summed E-state index contributed by atoms with van der Waals surface area (Å²) in [5.74, 6) is 3.17. The van der Waals surface area contributed by atoms with Gasteiger partial charge in [-0.15, -0.1) is 0 Å². The number of nitrogens with one attached hydrogen (secondary N) is 1. The Morgan fingerprint density at radius 1 is 1.11 bits per heavy atom. The highest BCUT2D eigenvalue weighted by Crippen LogP contribution is 2.61. The fraction of sp³-hybridized carbons (Fsp3) is 0.882. The first-order valence-electron chi connectivity index (χ1n) is 7.99. The first-order valence-corrected chi connectivity index (χ1v) is 7.99. The molecule has 1 heteroatoms. The van der Waals surface area contributed by atoms with Gasteiger partial charge >= 0.3 is 0 Å². The van der Waals surface area contributed by atoms with Gasteiger partial charge in [0.2, 0.25) is 0 Å². The van der Waals surface area contributed by atoms with Crippen molar-refractivity contribution in [3.63, 3.8) is 0 Å². The topological polar surface area (TPSA) is 12.0 Å². The van der Waals surface area contributed by atoms with Crippen LogP contribution >= 0.6 is 0 Å². The summed E-state index contributed by atoms with van der Waals surface area (Å²) in [6.07, 6.45) is 11.7. The molecule has 4 fully saturated rings. The summed E-state index contributed by atoms with van der Waals surface area (Å²) in [6, 6.07) is 0.640. The second-order valence-electron chi connectivity index (χ2n) is 7.56. The molecular formula is C17H29N. The largest absolute Gasteiger partial charge is 0.310 e. The van der Waals surface area contributed by atoms with Gasteiger partial charge in [0, 0.05) is 6.04 Å². The molecule has 1 unspecified atom stereocenters. The third-order valence-corrected chi connectivity index (χ3v) is 5.67. The van der Waals surface area contributed by atoms with E-state index in [2.05, 4.69) is 32.2 Å². The third kappa shape index (κ3) is 2.15. The minimum atomic E-state index is 0.613. The van der Waals surface area contributed by atoms with Gasteiger partial charge in [0.15, 0.2) is 0 Å². The van der Waals surface area contributed by atoms with Gasteiger partial charge in [-0.1, -0.05) is 18.6 Å². The van der Waals surface area contributed by atoms with Gasteiger partial charge in [0.25, 0.3) is 0 Å². The molecule has 102 valence electrons. The zero-order chi connectivity index (χ0) is 12.8. The zero-order valence-electron chi connectivity index (χ0n) is 12.3. The first kappa shape index (κ1) is 12.7. The highest BCUT2D eigenvalue weighted by molar-refractivity contribution is 5.14. The van der Waals surface area contributed by atoms with Gasteiger partial charge in [0.1, 0.15) is 0 Å². The van der Waals surface area contributed by atoms with E-state index in [0.717, 1.165) is 24.3 Å². The van der Waals surface area contributed by atoms with Gasteiger partial charge < -0.3 is 5.32 Å². The summed E-state index contributed by atoms with van der Waals surface area (Å²) < 4.78 is 0. The van der Waals surface area contributed by atoms with Crippen LogP contribution in [0.3, 0.4) is 0 Å². The van der Waals surface area contributed by atoms with Crippen molar-refractivity contribution < 1.29 is 0 Å². The molecular weight excluding hydrogens is 218 g/mol. The van der Waals surface area contributed by atoms with Crippen LogP contribution in [-0.2, 0) is 0 Å². The molecule has 0 spiro atoms. The van der Waals surface area contributed by atoms with Gasteiger partial charge in [-0.2, -0.15) is 0 Å². The lowest BCUT2D eigenvalue weighted by atomic mass is 9.47. The molecule has 0 amide bonds. The number of hydrogen-bond acceptors (Lipinski definition) is 1. The second-order valence-corrected chi connectivity index (χ2v) is 7.56. The second kappa shape index (κ2) is 4.67. The van der Waals surface area contributed by atoms with Crippen molar-refractivity contribution in [3.8, 4) is 0 Å². The molecule has 4 rings (SSSR count). The third-order valence-electron chi connectivity index (χ3n) is 5.67. The summed E-state index contributed by atoms with van der Waals surface area (Å²) in [5, 5.41) is 3.79. The molecule has 1 atom stereocenters. The van der Waals surface area contributed by atoms with E-state index < -0.39 is 0 Å². The van der Waals surface area contributed by atoms with Gasteiger partial charge in [0.05, 0.1) is 0 Å². The number of allylic oxidation sites excluding steroid dienone is 1. The summed E-state index contributed by atoms with van der Waals surface area (Å²) in [5.41, 5.74) is 2.10. The fourth-order valence-corrected chi connectivity index (χ4v) is 5.56. The molecule has 0 aromatic rings. The minimum Gasteiger partial charge on any atom is -0.310 e. The van der Waals surface area contributed by atoms with Gasteiger partial charge in [-0.05, 0) is 82.1 Å². The fourth-order valence-electron chi connectivity index (χ4n) is 5.56.